The van der Waals surface area contributed by atoms with Crippen LogP contribution in [0.1, 0.15) is 23.2 Å². The fraction of sp³-hybridized carbons (Fsp3) is 0.316. The minimum atomic E-state index is -4.33. The highest BCUT2D eigenvalue weighted by Gasteiger charge is 2.42. The number of anilines is 1. The molecule has 0 aliphatic carbocycles. The van der Waals surface area contributed by atoms with Gasteiger partial charge in [-0.25, -0.2) is 8.42 Å². The molecule has 2 aromatic rings. The van der Waals surface area contributed by atoms with Crippen molar-refractivity contribution < 1.29 is 26.4 Å². The first kappa shape index (κ1) is 20.2. The van der Waals surface area contributed by atoms with Gasteiger partial charge in [-0.15, -0.1) is 0 Å². The molecule has 0 unspecified atom stereocenters. The Balaban J connectivity index is 1.72. The molecule has 3 rings (SSSR count). The lowest BCUT2D eigenvalue weighted by Crippen LogP contribution is -2.44. The molecular weight excluding hydrogens is 393 g/mol. The lowest BCUT2D eigenvalue weighted by molar-refractivity contribution is -0.184. The SMILES string of the molecule is O=C(c1ccc(S(=O)(=O)Nc2ccccc2)cc1)N1CCC[C@@H](C(F)(F)F)C1. The van der Waals surface area contributed by atoms with Crippen LogP contribution >= 0.6 is 0 Å². The number of piperidine rings is 1. The van der Waals surface area contributed by atoms with Gasteiger partial charge in [0.05, 0.1) is 10.8 Å². The van der Waals surface area contributed by atoms with Crippen LogP contribution in [-0.2, 0) is 10.0 Å². The van der Waals surface area contributed by atoms with Crippen LogP contribution in [-0.4, -0.2) is 38.5 Å². The molecule has 1 aliphatic rings. The van der Waals surface area contributed by atoms with Crippen molar-refractivity contribution in [1.29, 1.82) is 0 Å². The van der Waals surface area contributed by atoms with E-state index in [1.807, 2.05) is 0 Å². The van der Waals surface area contributed by atoms with Crippen LogP contribution in [0.15, 0.2) is 59.5 Å². The number of hydrogen-bond donors (Lipinski definition) is 1. The summed E-state index contributed by atoms with van der Waals surface area (Å²) in [6.45, 7) is -0.126. The van der Waals surface area contributed by atoms with Crippen LogP contribution in [0.3, 0.4) is 0 Å². The highest BCUT2D eigenvalue weighted by molar-refractivity contribution is 7.92. The number of sulfonamides is 1. The van der Waals surface area contributed by atoms with Gasteiger partial charge < -0.3 is 4.90 Å². The second kappa shape index (κ2) is 7.83. The number of rotatable bonds is 4. The van der Waals surface area contributed by atoms with E-state index in [9.17, 15) is 26.4 Å². The Kier molecular flexibility index (Phi) is 5.64. The molecule has 0 radical (unpaired) electrons. The van der Waals surface area contributed by atoms with Gasteiger partial charge in [0.1, 0.15) is 0 Å². The molecule has 1 N–H and O–H groups in total. The molecule has 1 amide bonds. The van der Waals surface area contributed by atoms with Gasteiger partial charge in [0.25, 0.3) is 15.9 Å². The van der Waals surface area contributed by atoms with Crippen LogP contribution in [0.4, 0.5) is 18.9 Å². The van der Waals surface area contributed by atoms with Gasteiger partial charge in [-0.2, -0.15) is 13.2 Å². The van der Waals surface area contributed by atoms with Gasteiger partial charge >= 0.3 is 6.18 Å². The maximum atomic E-state index is 12.9. The highest BCUT2D eigenvalue weighted by Crippen LogP contribution is 2.33. The summed E-state index contributed by atoms with van der Waals surface area (Å²) in [5, 5.41) is 0. The van der Waals surface area contributed by atoms with Crippen LogP contribution in [0.25, 0.3) is 0 Å². The number of alkyl halides is 3. The van der Waals surface area contributed by atoms with Crippen LogP contribution in [0.2, 0.25) is 0 Å². The van der Waals surface area contributed by atoms with Crippen molar-refractivity contribution >= 4 is 21.6 Å². The molecule has 1 aliphatic heterocycles. The average Bonchev–Trinajstić information content (AvgIpc) is 2.67. The molecule has 1 atom stereocenters. The van der Waals surface area contributed by atoms with Crippen molar-refractivity contribution in [2.45, 2.75) is 23.9 Å². The van der Waals surface area contributed by atoms with Crippen molar-refractivity contribution in [3.8, 4) is 0 Å². The van der Waals surface area contributed by atoms with Crippen molar-refractivity contribution in [2.24, 2.45) is 5.92 Å². The summed E-state index contributed by atoms with van der Waals surface area (Å²) in [6, 6.07) is 13.5. The Morgan fingerprint density at radius 2 is 1.68 bits per heavy atom. The van der Waals surface area contributed by atoms with Crippen LogP contribution in [0, 0.1) is 5.92 Å². The second-order valence-corrected chi connectivity index (χ2v) is 8.31. The number of amides is 1. The van der Waals surface area contributed by atoms with Gasteiger partial charge in [-0.05, 0) is 49.2 Å². The largest absolute Gasteiger partial charge is 0.393 e. The smallest absolute Gasteiger partial charge is 0.338 e. The van der Waals surface area contributed by atoms with E-state index in [2.05, 4.69) is 4.72 Å². The number of nitrogens with one attached hydrogen (secondary N) is 1. The summed E-state index contributed by atoms with van der Waals surface area (Å²) in [5.74, 6) is -2.06. The lowest BCUT2D eigenvalue weighted by atomic mass is 9.97. The molecule has 2 aromatic carbocycles. The summed E-state index contributed by atoms with van der Waals surface area (Å²) in [4.78, 5) is 13.6. The molecule has 9 heteroatoms. The minimum Gasteiger partial charge on any atom is -0.338 e. The van der Waals surface area contributed by atoms with Crippen molar-refractivity contribution in [2.75, 3.05) is 17.8 Å². The number of nitrogens with zero attached hydrogens (tertiary/aromatic N) is 1. The van der Waals surface area contributed by atoms with Gasteiger partial charge in [0.15, 0.2) is 0 Å². The molecule has 1 saturated heterocycles. The summed E-state index contributed by atoms with van der Waals surface area (Å²) < 4.78 is 66.0. The Labute approximate surface area is 161 Å². The molecular formula is C19H19F3N2O3S. The Bertz CT molecular complexity index is 929. The number of benzene rings is 2. The fourth-order valence-electron chi connectivity index (χ4n) is 3.11. The fourth-order valence-corrected chi connectivity index (χ4v) is 4.17. The van der Waals surface area contributed by atoms with Crippen LogP contribution < -0.4 is 4.72 Å². The zero-order valence-electron chi connectivity index (χ0n) is 14.8. The Morgan fingerprint density at radius 3 is 2.29 bits per heavy atom. The van der Waals surface area contributed by atoms with E-state index in [1.54, 1.807) is 30.3 Å². The summed E-state index contributed by atoms with van der Waals surface area (Å²) in [6.07, 6.45) is -4.04. The quantitative estimate of drug-likeness (QED) is 0.828. The predicted octanol–water partition coefficient (Wildman–Crippen LogP) is 3.90. The van der Waals surface area contributed by atoms with Crippen molar-refractivity contribution in [3.63, 3.8) is 0 Å². The summed E-state index contributed by atoms with van der Waals surface area (Å²) in [7, 11) is -3.83. The molecule has 1 heterocycles. The second-order valence-electron chi connectivity index (χ2n) is 6.63. The number of para-hydroxylation sites is 1. The topological polar surface area (TPSA) is 66.5 Å². The minimum absolute atomic E-state index is 0.00954. The monoisotopic (exact) mass is 412 g/mol. The first-order chi connectivity index (χ1) is 13.2. The molecule has 0 saturated carbocycles. The molecule has 0 bridgehead atoms. The highest BCUT2D eigenvalue weighted by atomic mass is 32.2. The Morgan fingerprint density at radius 1 is 1.04 bits per heavy atom. The Hall–Kier alpha value is -2.55. The normalized spacial score (nSPS) is 18.0. The number of carbonyl (C=O) groups excluding carboxylic acids is 1. The van der Waals surface area contributed by atoms with Crippen molar-refractivity contribution in [3.05, 3.63) is 60.2 Å². The van der Waals surface area contributed by atoms with Gasteiger partial charge in [-0.1, -0.05) is 18.2 Å². The van der Waals surface area contributed by atoms with E-state index in [0.29, 0.717) is 5.69 Å². The molecule has 150 valence electrons. The molecule has 0 aromatic heterocycles. The lowest BCUT2D eigenvalue weighted by Gasteiger charge is -2.33. The van der Waals surface area contributed by atoms with Gasteiger partial charge in [0.2, 0.25) is 0 Å². The maximum Gasteiger partial charge on any atom is 0.393 e. The molecule has 1 fully saturated rings. The third-order valence-corrected chi connectivity index (χ3v) is 6.01. The van der Waals surface area contributed by atoms with E-state index < -0.39 is 28.0 Å². The van der Waals surface area contributed by atoms with Gasteiger partial charge in [-0.3, -0.25) is 9.52 Å². The standard InChI is InChI=1S/C19H19F3N2O3S/c20-19(21,22)15-5-4-12-24(13-15)18(25)14-8-10-17(11-9-14)28(26,27)23-16-6-2-1-3-7-16/h1-3,6-11,15,23H,4-5,12-13H2/t15-/m1/s1. The molecule has 5 nitrogen and oxygen atoms in total. The number of carbonyl (C=O) groups is 1. The zero-order chi connectivity index (χ0) is 20.4. The summed E-state index contributed by atoms with van der Waals surface area (Å²) >= 11 is 0. The van der Waals surface area contributed by atoms with Crippen molar-refractivity contribution in [1.82, 2.24) is 4.90 Å². The average molecular weight is 412 g/mol. The molecule has 0 spiro atoms. The van der Waals surface area contributed by atoms with E-state index in [0.717, 1.165) is 0 Å². The van der Waals surface area contributed by atoms with E-state index in [-0.39, 0.29) is 36.4 Å². The summed E-state index contributed by atoms with van der Waals surface area (Å²) in [5.41, 5.74) is 0.552. The maximum absolute atomic E-state index is 12.9. The first-order valence-corrected chi connectivity index (χ1v) is 10.2. The number of likely N-dealkylation sites (tertiary alicyclic amines) is 1. The van der Waals surface area contributed by atoms with Gasteiger partial charge in [0, 0.05) is 24.3 Å². The zero-order valence-corrected chi connectivity index (χ0v) is 15.6. The number of hydrogen-bond acceptors (Lipinski definition) is 3. The first-order valence-electron chi connectivity index (χ1n) is 8.71. The van der Waals surface area contributed by atoms with E-state index in [4.69, 9.17) is 0 Å². The van der Waals surface area contributed by atoms with E-state index in [1.165, 1.54) is 29.2 Å². The third kappa shape index (κ3) is 4.64. The van der Waals surface area contributed by atoms with Crippen LogP contribution in [0.5, 0.6) is 0 Å². The third-order valence-electron chi connectivity index (χ3n) is 4.61. The van der Waals surface area contributed by atoms with E-state index >= 15 is 0 Å². The number of halogens is 3. The predicted molar refractivity (Wildman–Crippen MR) is 98.4 cm³/mol. The molecule has 28 heavy (non-hydrogen) atoms.